The Balaban J connectivity index is 2.09. The molecule has 23 heavy (non-hydrogen) atoms. The molecule has 0 spiro atoms. The summed E-state index contributed by atoms with van der Waals surface area (Å²) in [6.07, 6.45) is 3.20. The number of aryl methyl sites for hydroxylation is 1. The van der Waals surface area contributed by atoms with Crippen molar-refractivity contribution in [3.8, 4) is 0 Å². The zero-order chi connectivity index (χ0) is 17.0. The number of imidazole rings is 1. The first-order chi connectivity index (χ1) is 10.9. The molecule has 7 heteroatoms. The predicted octanol–water partition coefficient (Wildman–Crippen LogP) is 3.07. The molecule has 0 fully saturated rings. The number of thioether (sulfide) groups is 1. The second-order valence-electron chi connectivity index (χ2n) is 5.89. The van der Waals surface area contributed by atoms with Gasteiger partial charge in [0, 0.05) is 24.6 Å². The fraction of sp³-hybridized carbons (Fsp3) is 0.500. The van der Waals surface area contributed by atoms with Crippen molar-refractivity contribution in [2.45, 2.75) is 51.6 Å². The van der Waals surface area contributed by atoms with Crippen LogP contribution in [0.3, 0.4) is 0 Å². The van der Waals surface area contributed by atoms with Crippen molar-refractivity contribution >= 4 is 23.6 Å². The second kappa shape index (κ2) is 7.59. The van der Waals surface area contributed by atoms with Crippen molar-refractivity contribution in [2.75, 3.05) is 5.32 Å². The Morgan fingerprint density at radius 3 is 2.52 bits per heavy atom. The molecule has 124 valence electrons. The van der Waals surface area contributed by atoms with Gasteiger partial charge in [0.05, 0.1) is 10.9 Å². The van der Waals surface area contributed by atoms with Gasteiger partial charge in [-0.2, -0.15) is 0 Å². The quantitative estimate of drug-likeness (QED) is 0.823. The van der Waals surface area contributed by atoms with Gasteiger partial charge in [0.25, 0.3) is 0 Å². The zero-order valence-corrected chi connectivity index (χ0v) is 15.0. The van der Waals surface area contributed by atoms with Gasteiger partial charge in [-0.3, -0.25) is 10.1 Å². The summed E-state index contributed by atoms with van der Waals surface area (Å²) in [7, 11) is 0. The third kappa shape index (κ3) is 4.54. The van der Waals surface area contributed by atoms with E-state index < -0.39 is 0 Å². The molecule has 0 aromatic carbocycles. The first kappa shape index (κ1) is 17.5. The number of hydrogen-bond donors (Lipinski definition) is 1. The van der Waals surface area contributed by atoms with Gasteiger partial charge in [0.15, 0.2) is 5.16 Å². The van der Waals surface area contributed by atoms with E-state index in [1.807, 2.05) is 13.8 Å². The summed E-state index contributed by atoms with van der Waals surface area (Å²) in [4.78, 5) is 24.9. The average Bonchev–Trinajstić information content (AvgIpc) is 2.75. The number of aromatic nitrogens is 4. The molecule has 0 aliphatic rings. The largest absolute Gasteiger partial charge is 0.323 e. The molecule has 0 saturated heterocycles. The normalized spacial score (nSPS) is 12.4. The highest BCUT2D eigenvalue weighted by Crippen LogP contribution is 2.26. The highest BCUT2D eigenvalue weighted by Gasteiger charge is 2.20. The van der Waals surface area contributed by atoms with E-state index >= 15 is 0 Å². The average molecular weight is 333 g/mol. The van der Waals surface area contributed by atoms with Gasteiger partial charge in [-0.25, -0.2) is 15.0 Å². The maximum Gasteiger partial charge on any atom is 0.240 e. The Kier molecular flexibility index (Phi) is 5.76. The van der Waals surface area contributed by atoms with E-state index in [1.165, 1.54) is 11.8 Å². The topological polar surface area (TPSA) is 72.7 Å². The van der Waals surface area contributed by atoms with Gasteiger partial charge >= 0.3 is 0 Å². The summed E-state index contributed by atoms with van der Waals surface area (Å²) < 4.78 is 2.19. The Bertz CT molecular complexity index is 669. The third-order valence-corrected chi connectivity index (χ3v) is 4.51. The number of carbonyl (C=O) groups is 1. The number of nitrogens with one attached hydrogen (secondary N) is 1. The van der Waals surface area contributed by atoms with Crippen LogP contribution < -0.4 is 5.32 Å². The van der Waals surface area contributed by atoms with Crippen molar-refractivity contribution < 1.29 is 4.79 Å². The summed E-state index contributed by atoms with van der Waals surface area (Å²) in [5, 5.41) is 3.32. The number of amides is 1. The molecule has 0 aliphatic heterocycles. The Morgan fingerprint density at radius 1 is 1.26 bits per heavy atom. The van der Waals surface area contributed by atoms with E-state index in [0.29, 0.717) is 11.9 Å². The van der Waals surface area contributed by atoms with Crippen molar-refractivity contribution in [1.29, 1.82) is 0 Å². The minimum atomic E-state index is -0.286. The molecule has 0 aliphatic carbocycles. The smallest absolute Gasteiger partial charge is 0.240 e. The van der Waals surface area contributed by atoms with Gasteiger partial charge in [0.2, 0.25) is 11.9 Å². The molecule has 1 amide bonds. The van der Waals surface area contributed by atoms with Crippen LogP contribution in [-0.2, 0) is 11.3 Å². The molecule has 2 aromatic heterocycles. The summed E-state index contributed by atoms with van der Waals surface area (Å²) in [6.45, 7) is 11.2. The van der Waals surface area contributed by atoms with Crippen LogP contribution in [0.2, 0.25) is 0 Å². The van der Waals surface area contributed by atoms with Crippen molar-refractivity contribution in [2.24, 2.45) is 5.92 Å². The minimum absolute atomic E-state index is 0.129. The van der Waals surface area contributed by atoms with Crippen LogP contribution in [0.25, 0.3) is 0 Å². The van der Waals surface area contributed by atoms with E-state index in [9.17, 15) is 4.79 Å². The van der Waals surface area contributed by atoms with Crippen LogP contribution in [0.15, 0.2) is 23.6 Å². The highest BCUT2D eigenvalue weighted by molar-refractivity contribution is 8.00. The molecule has 1 unspecified atom stereocenters. The van der Waals surface area contributed by atoms with E-state index in [-0.39, 0.29) is 11.2 Å². The maximum atomic E-state index is 12.3. The molecule has 0 radical (unpaired) electrons. The van der Waals surface area contributed by atoms with Gasteiger partial charge in [-0.15, -0.1) is 0 Å². The van der Waals surface area contributed by atoms with E-state index in [0.717, 1.165) is 23.1 Å². The van der Waals surface area contributed by atoms with Crippen LogP contribution in [0.5, 0.6) is 0 Å². The number of anilines is 1. The molecule has 0 bridgehead atoms. The Hall–Kier alpha value is -1.89. The van der Waals surface area contributed by atoms with Crippen molar-refractivity contribution in [3.63, 3.8) is 0 Å². The first-order valence-electron chi connectivity index (χ1n) is 7.66. The van der Waals surface area contributed by atoms with E-state index in [2.05, 4.69) is 45.6 Å². The molecule has 6 nitrogen and oxygen atoms in total. The molecule has 2 aromatic rings. The van der Waals surface area contributed by atoms with Crippen LogP contribution in [0.4, 0.5) is 5.95 Å². The molecule has 2 rings (SSSR count). The van der Waals surface area contributed by atoms with Gasteiger partial charge < -0.3 is 4.57 Å². The summed E-state index contributed by atoms with van der Waals surface area (Å²) in [6, 6.07) is 1.71. The van der Waals surface area contributed by atoms with Crippen LogP contribution in [0.1, 0.15) is 32.2 Å². The van der Waals surface area contributed by atoms with Crippen LogP contribution >= 0.6 is 11.8 Å². The lowest BCUT2D eigenvalue weighted by Crippen LogP contribution is -2.24. The minimum Gasteiger partial charge on any atom is -0.323 e. The highest BCUT2D eigenvalue weighted by atomic mass is 32.2. The third-order valence-electron chi connectivity index (χ3n) is 3.42. The monoisotopic (exact) mass is 333 g/mol. The molecule has 0 saturated carbocycles. The molecular weight excluding hydrogens is 310 g/mol. The number of carbonyl (C=O) groups excluding carboxylic acids is 1. The standard InChI is InChI=1S/C16H23N5OS/c1-10(2)9-21-12(4)11(3)19-16(21)23-13(5)14(22)20-15-17-7-6-8-18-15/h6-8,10,13H,9H2,1-5H3,(H,17,18,20,22). The summed E-state index contributed by atoms with van der Waals surface area (Å²) in [5.41, 5.74) is 2.16. The summed E-state index contributed by atoms with van der Waals surface area (Å²) in [5.74, 6) is 0.710. The fourth-order valence-electron chi connectivity index (χ4n) is 2.08. The molecule has 1 N–H and O–H groups in total. The Morgan fingerprint density at radius 2 is 1.91 bits per heavy atom. The van der Waals surface area contributed by atoms with Crippen LogP contribution in [0, 0.1) is 19.8 Å². The SMILES string of the molecule is Cc1nc(SC(C)C(=O)Nc2ncccn2)n(CC(C)C)c1C. The fourth-order valence-corrected chi connectivity index (χ4v) is 3.09. The zero-order valence-electron chi connectivity index (χ0n) is 14.2. The lowest BCUT2D eigenvalue weighted by atomic mass is 10.2. The van der Waals surface area contributed by atoms with Gasteiger partial charge in [-0.05, 0) is 32.8 Å². The van der Waals surface area contributed by atoms with Crippen LogP contribution in [-0.4, -0.2) is 30.7 Å². The van der Waals surface area contributed by atoms with Crippen molar-refractivity contribution in [3.05, 3.63) is 29.8 Å². The maximum absolute atomic E-state index is 12.3. The Labute approximate surface area is 141 Å². The second-order valence-corrected chi connectivity index (χ2v) is 7.20. The molecule has 2 heterocycles. The lowest BCUT2D eigenvalue weighted by Gasteiger charge is -2.15. The predicted molar refractivity (Wildman–Crippen MR) is 92.5 cm³/mol. The van der Waals surface area contributed by atoms with Gasteiger partial charge in [0.1, 0.15) is 0 Å². The molecular formula is C16H23N5OS. The summed E-state index contributed by atoms with van der Waals surface area (Å²) >= 11 is 1.46. The molecule has 1 atom stereocenters. The van der Waals surface area contributed by atoms with E-state index in [4.69, 9.17) is 0 Å². The number of hydrogen-bond acceptors (Lipinski definition) is 5. The van der Waals surface area contributed by atoms with E-state index in [1.54, 1.807) is 18.5 Å². The lowest BCUT2D eigenvalue weighted by molar-refractivity contribution is -0.115. The van der Waals surface area contributed by atoms with Gasteiger partial charge in [-0.1, -0.05) is 25.6 Å². The van der Waals surface area contributed by atoms with Crippen molar-refractivity contribution in [1.82, 2.24) is 19.5 Å². The number of rotatable bonds is 6. The number of nitrogens with zero attached hydrogens (tertiary/aromatic N) is 4. The first-order valence-corrected chi connectivity index (χ1v) is 8.54.